The van der Waals surface area contributed by atoms with Crippen LogP contribution in [0.1, 0.15) is 34.1 Å². The van der Waals surface area contributed by atoms with E-state index < -0.39 is 11.1 Å². The molecule has 0 aromatic rings. The fourth-order valence-corrected chi connectivity index (χ4v) is 1.73. The molecule has 1 aliphatic rings. The van der Waals surface area contributed by atoms with E-state index in [2.05, 4.69) is 5.16 Å². The Morgan fingerprint density at radius 1 is 1.42 bits per heavy atom. The summed E-state index contributed by atoms with van der Waals surface area (Å²) in [6.07, 6.45) is 0.528. The summed E-state index contributed by atoms with van der Waals surface area (Å²) in [6, 6.07) is 0. The molecule has 0 aromatic heterocycles. The first-order chi connectivity index (χ1) is 5.32. The van der Waals surface area contributed by atoms with Crippen molar-refractivity contribution >= 4 is 5.71 Å². The van der Waals surface area contributed by atoms with Gasteiger partial charge in [-0.15, -0.1) is 0 Å². The molecule has 1 saturated heterocycles. The maximum atomic E-state index is 11.6. The van der Waals surface area contributed by atoms with Gasteiger partial charge in [0.1, 0.15) is 0 Å². The molecule has 0 bridgehead atoms. The maximum Gasteiger partial charge on any atom is 0.0776 e. The molecule has 0 spiro atoms. The molecular weight excluding hydrogens is 156 g/mol. The molecule has 1 N–H and O–H groups in total. The summed E-state index contributed by atoms with van der Waals surface area (Å²) in [4.78, 5) is 0. The average Bonchev–Trinajstić information content (AvgIpc) is 2.11. The Bertz CT molecular complexity index is 221. The lowest BCUT2D eigenvalue weighted by molar-refractivity contribution is 0.157. The summed E-state index contributed by atoms with van der Waals surface area (Å²) in [5, 5.41) is 24.5. The van der Waals surface area contributed by atoms with E-state index >= 15 is 0 Å². The van der Waals surface area contributed by atoms with Crippen LogP contribution in [0.25, 0.3) is 0 Å². The largest absolute Gasteiger partial charge is 0.784 e. The molecule has 1 fully saturated rings. The van der Waals surface area contributed by atoms with Crippen molar-refractivity contribution in [1.82, 2.24) is 5.06 Å². The third kappa shape index (κ3) is 1.11. The standard InChI is InChI=1S/C8H15N2O2/c1-7(2)5-6(9-11)8(3,4)10(7)12/h11H,5H2,1-4H3/q-1. The minimum absolute atomic E-state index is 0.453. The molecule has 0 unspecified atom stereocenters. The molecule has 0 atom stereocenters. The van der Waals surface area contributed by atoms with Crippen LogP contribution in [0.2, 0.25) is 0 Å². The summed E-state index contributed by atoms with van der Waals surface area (Å²) in [6.45, 7) is 7.23. The van der Waals surface area contributed by atoms with Crippen molar-refractivity contribution in [1.29, 1.82) is 0 Å². The van der Waals surface area contributed by atoms with Gasteiger partial charge < -0.3 is 15.5 Å². The van der Waals surface area contributed by atoms with Crippen LogP contribution in [0, 0.1) is 5.21 Å². The Morgan fingerprint density at radius 2 is 1.92 bits per heavy atom. The molecule has 0 aliphatic carbocycles. The zero-order valence-corrected chi connectivity index (χ0v) is 7.96. The number of oxime groups is 1. The third-order valence-corrected chi connectivity index (χ3v) is 2.48. The van der Waals surface area contributed by atoms with Gasteiger partial charge in [0.25, 0.3) is 0 Å². The minimum Gasteiger partial charge on any atom is -0.784 e. The van der Waals surface area contributed by atoms with Crippen molar-refractivity contribution in [3.63, 3.8) is 0 Å². The maximum absolute atomic E-state index is 11.6. The van der Waals surface area contributed by atoms with E-state index in [1.807, 2.05) is 13.8 Å². The number of hydroxylamine groups is 2. The van der Waals surface area contributed by atoms with Gasteiger partial charge in [0.2, 0.25) is 0 Å². The van der Waals surface area contributed by atoms with Crippen molar-refractivity contribution in [2.45, 2.75) is 45.2 Å². The van der Waals surface area contributed by atoms with E-state index in [0.29, 0.717) is 12.1 Å². The first-order valence-electron chi connectivity index (χ1n) is 4.01. The Labute approximate surface area is 72.4 Å². The van der Waals surface area contributed by atoms with Crippen LogP contribution in [0.5, 0.6) is 0 Å². The molecule has 0 amide bonds. The van der Waals surface area contributed by atoms with Crippen molar-refractivity contribution in [3.05, 3.63) is 5.21 Å². The Kier molecular flexibility index (Phi) is 1.92. The van der Waals surface area contributed by atoms with Gasteiger partial charge in [-0.05, 0) is 27.7 Å². The van der Waals surface area contributed by atoms with Crippen molar-refractivity contribution in [2.75, 3.05) is 0 Å². The highest BCUT2D eigenvalue weighted by Crippen LogP contribution is 2.37. The molecule has 1 heterocycles. The van der Waals surface area contributed by atoms with Gasteiger partial charge >= 0.3 is 0 Å². The quantitative estimate of drug-likeness (QED) is 0.444. The van der Waals surface area contributed by atoms with Crippen LogP contribution < -0.4 is 0 Å². The van der Waals surface area contributed by atoms with E-state index in [4.69, 9.17) is 5.21 Å². The molecule has 1 aliphatic heterocycles. The molecule has 4 nitrogen and oxygen atoms in total. The summed E-state index contributed by atoms with van der Waals surface area (Å²) >= 11 is 0. The van der Waals surface area contributed by atoms with Gasteiger partial charge in [0.05, 0.1) is 5.71 Å². The minimum atomic E-state index is -0.668. The summed E-state index contributed by atoms with van der Waals surface area (Å²) < 4.78 is 0. The van der Waals surface area contributed by atoms with Gasteiger partial charge in [-0.25, -0.2) is 0 Å². The SMILES string of the molecule is CC1(C)CC(=NO)C(C)(C)N1[O-]. The van der Waals surface area contributed by atoms with E-state index in [9.17, 15) is 5.21 Å². The highest BCUT2D eigenvalue weighted by Gasteiger charge is 2.44. The van der Waals surface area contributed by atoms with Crippen LogP contribution in [0.15, 0.2) is 5.16 Å². The van der Waals surface area contributed by atoms with E-state index in [-0.39, 0.29) is 0 Å². The first-order valence-corrected chi connectivity index (χ1v) is 4.01. The highest BCUT2D eigenvalue weighted by atomic mass is 16.5. The molecular formula is C8H15N2O2-. The molecule has 4 heteroatoms. The second kappa shape index (κ2) is 2.44. The summed E-state index contributed by atoms with van der Waals surface area (Å²) in [5.41, 5.74) is -0.564. The van der Waals surface area contributed by atoms with E-state index in [1.165, 1.54) is 0 Å². The third-order valence-electron chi connectivity index (χ3n) is 2.48. The Hall–Kier alpha value is -0.610. The molecule has 0 radical (unpaired) electrons. The predicted molar refractivity (Wildman–Crippen MR) is 47.2 cm³/mol. The lowest BCUT2D eigenvalue weighted by atomic mass is 9.98. The van der Waals surface area contributed by atoms with Gasteiger partial charge in [-0.2, -0.15) is 0 Å². The van der Waals surface area contributed by atoms with Crippen molar-refractivity contribution < 1.29 is 5.21 Å². The second-order valence-electron chi connectivity index (χ2n) is 4.39. The summed E-state index contributed by atoms with van der Waals surface area (Å²) in [5.74, 6) is 0. The topological polar surface area (TPSA) is 58.9 Å². The lowest BCUT2D eigenvalue weighted by Crippen LogP contribution is -2.45. The molecule has 1 rings (SSSR count). The van der Waals surface area contributed by atoms with Gasteiger partial charge in [-0.1, -0.05) is 5.16 Å². The number of rotatable bonds is 0. The van der Waals surface area contributed by atoms with Crippen LogP contribution in [0.3, 0.4) is 0 Å². The van der Waals surface area contributed by atoms with Crippen LogP contribution in [0.4, 0.5) is 0 Å². The van der Waals surface area contributed by atoms with Crippen molar-refractivity contribution in [2.24, 2.45) is 5.16 Å². The smallest absolute Gasteiger partial charge is 0.0776 e. The molecule has 12 heavy (non-hydrogen) atoms. The van der Waals surface area contributed by atoms with Gasteiger partial charge in [-0.3, -0.25) is 0 Å². The van der Waals surface area contributed by atoms with E-state index in [0.717, 1.165) is 5.06 Å². The van der Waals surface area contributed by atoms with Crippen LogP contribution >= 0.6 is 0 Å². The lowest BCUT2D eigenvalue weighted by Gasteiger charge is -2.45. The Morgan fingerprint density at radius 3 is 2.08 bits per heavy atom. The van der Waals surface area contributed by atoms with Gasteiger partial charge in [0, 0.05) is 17.5 Å². The van der Waals surface area contributed by atoms with Crippen LogP contribution in [-0.4, -0.2) is 27.1 Å². The normalized spacial score (nSPS) is 31.2. The second-order valence-corrected chi connectivity index (χ2v) is 4.39. The van der Waals surface area contributed by atoms with Crippen molar-refractivity contribution in [3.8, 4) is 0 Å². The van der Waals surface area contributed by atoms with Gasteiger partial charge in [0.15, 0.2) is 0 Å². The fourth-order valence-electron chi connectivity index (χ4n) is 1.73. The van der Waals surface area contributed by atoms with Crippen LogP contribution in [-0.2, 0) is 0 Å². The average molecular weight is 171 g/mol. The zero-order chi connectivity index (χ0) is 9.57. The molecule has 0 aromatic carbocycles. The first kappa shape index (κ1) is 9.48. The zero-order valence-electron chi connectivity index (χ0n) is 7.96. The monoisotopic (exact) mass is 171 g/mol. The molecule has 70 valence electrons. The predicted octanol–water partition coefficient (Wildman–Crippen LogP) is 1.58. The Balaban J connectivity index is 3.05. The number of nitrogens with zero attached hydrogens (tertiary/aromatic N) is 2. The number of hydrogen-bond donors (Lipinski definition) is 1. The highest BCUT2D eigenvalue weighted by molar-refractivity contribution is 5.95. The van der Waals surface area contributed by atoms with E-state index in [1.54, 1.807) is 13.8 Å². The molecule has 0 saturated carbocycles. The fraction of sp³-hybridized carbons (Fsp3) is 0.875. The number of hydrogen-bond acceptors (Lipinski definition) is 4. The summed E-state index contributed by atoms with van der Waals surface area (Å²) in [7, 11) is 0.